The predicted octanol–water partition coefficient (Wildman–Crippen LogP) is 4.33. The number of amides is 1. The Hall–Kier alpha value is -3.09. The van der Waals surface area contributed by atoms with Crippen LogP contribution in [0.15, 0.2) is 42.5 Å². The van der Waals surface area contributed by atoms with Gasteiger partial charge in [-0.05, 0) is 36.5 Å². The third-order valence-corrected chi connectivity index (χ3v) is 5.91. The zero-order valence-corrected chi connectivity index (χ0v) is 17.3. The van der Waals surface area contributed by atoms with Gasteiger partial charge in [0.25, 0.3) is 11.6 Å². The molecule has 4 rings (SSSR count). The van der Waals surface area contributed by atoms with Gasteiger partial charge in [0, 0.05) is 36.7 Å². The number of hydrogen-bond donors (Lipinski definition) is 1. The van der Waals surface area contributed by atoms with E-state index in [0.717, 1.165) is 30.8 Å². The number of nitrogens with one attached hydrogen (secondary N) is 1. The second kappa shape index (κ2) is 8.34. The van der Waals surface area contributed by atoms with E-state index < -0.39 is 0 Å². The number of nitrogens with zero attached hydrogens (tertiary/aromatic N) is 2. The first-order valence-corrected chi connectivity index (χ1v) is 10.5. The first kappa shape index (κ1) is 20.2. The van der Waals surface area contributed by atoms with Crippen molar-refractivity contribution < 1.29 is 14.5 Å². The first-order chi connectivity index (χ1) is 14.4. The minimum absolute atomic E-state index is 0.0173. The summed E-state index contributed by atoms with van der Waals surface area (Å²) in [6, 6.07) is 12.3. The van der Waals surface area contributed by atoms with Gasteiger partial charge in [-0.25, -0.2) is 0 Å². The lowest BCUT2D eigenvalue weighted by Crippen LogP contribution is -2.39. The fourth-order valence-corrected chi connectivity index (χ4v) is 4.67. The highest BCUT2D eigenvalue weighted by Gasteiger charge is 2.29. The van der Waals surface area contributed by atoms with Crippen LogP contribution in [-0.2, 0) is 0 Å². The van der Waals surface area contributed by atoms with Crippen molar-refractivity contribution in [3.63, 3.8) is 0 Å². The summed E-state index contributed by atoms with van der Waals surface area (Å²) in [6.07, 6.45) is 1.78. The minimum Gasteiger partial charge on any atom is -0.493 e. The molecule has 0 aliphatic carbocycles. The van der Waals surface area contributed by atoms with Gasteiger partial charge in [0.2, 0.25) is 0 Å². The summed E-state index contributed by atoms with van der Waals surface area (Å²) in [4.78, 5) is 26.4. The van der Waals surface area contributed by atoms with Crippen LogP contribution < -0.4 is 15.0 Å². The van der Waals surface area contributed by atoms with E-state index in [1.54, 1.807) is 12.1 Å². The molecule has 7 nitrogen and oxygen atoms in total. The van der Waals surface area contributed by atoms with Crippen molar-refractivity contribution in [2.24, 2.45) is 11.8 Å². The Bertz CT molecular complexity index is 951. The predicted molar refractivity (Wildman–Crippen MR) is 115 cm³/mol. The van der Waals surface area contributed by atoms with Gasteiger partial charge in [-0.1, -0.05) is 32.0 Å². The third-order valence-electron chi connectivity index (χ3n) is 5.91. The maximum Gasteiger partial charge on any atom is 0.293 e. The van der Waals surface area contributed by atoms with Crippen molar-refractivity contribution in [1.82, 2.24) is 5.32 Å². The molecule has 0 aromatic heterocycles. The molecule has 0 spiro atoms. The van der Waals surface area contributed by atoms with E-state index in [2.05, 4.69) is 24.1 Å². The van der Waals surface area contributed by atoms with E-state index in [4.69, 9.17) is 4.74 Å². The Morgan fingerprint density at radius 1 is 1.17 bits per heavy atom. The smallest absolute Gasteiger partial charge is 0.293 e. The van der Waals surface area contributed by atoms with Crippen molar-refractivity contribution in [2.45, 2.75) is 32.7 Å². The van der Waals surface area contributed by atoms with Crippen molar-refractivity contribution in [3.05, 3.63) is 63.7 Å². The van der Waals surface area contributed by atoms with E-state index in [-0.39, 0.29) is 22.6 Å². The number of rotatable bonds is 4. The SMILES string of the molecule is C[C@@H]1C[C@H](C)CN(c2ccc(C(=O)N[C@H]3CCOc4ccccc43)cc2[N+](=O)[O-])C1. The molecule has 1 fully saturated rings. The number of piperidine rings is 1. The number of anilines is 1. The molecular weight excluding hydrogens is 382 g/mol. The van der Waals surface area contributed by atoms with Gasteiger partial charge in [-0.15, -0.1) is 0 Å². The van der Waals surface area contributed by atoms with Crippen LogP contribution >= 0.6 is 0 Å². The number of hydrogen-bond acceptors (Lipinski definition) is 5. The summed E-state index contributed by atoms with van der Waals surface area (Å²) in [5, 5.41) is 14.8. The fraction of sp³-hybridized carbons (Fsp3) is 0.435. The number of nitro benzene ring substituents is 1. The quantitative estimate of drug-likeness (QED) is 0.600. The van der Waals surface area contributed by atoms with Gasteiger partial charge in [-0.2, -0.15) is 0 Å². The van der Waals surface area contributed by atoms with E-state index in [1.807, 2.05) is 24.3 Å². The molecule has 2 aromatic carbocycles. The average molecular weight is 409 g/mol. The Morgan fingerprint density at radius 3 is 2.63 bits per heavy atom. The normalized spacial score (nSPS) is 23.3. The lowest BCUT2D eigenvalue weighted by Gasteiger charge is -2.36. The summed E-state index contributed by atoms with van der Waals surface area (Å²) >= 11 is 0. The van der Waals surface area contributed by atoms with E-state index in [9.17, 15) is 14.9 Å². The third kappa shape index (κ3) is 4.10. The molecule has 7 heteroatoms. The highest BCUT2D eigenvalue weighted by molar-refractivity contribution is 5.96. The van der Waals surface area contributed by atoms with Gasteiger partial charge >= 0.3 is 0 Å². The second-order valence-corrected chi connectivity index (χ2v) is 8.51. The van der Waals surface area contributed by atoms with Crippen LogP contribution in [0.2, 0.25) is 0 Å². The zero-order chi connectivity index (χ0) is 21.3. The van der Waals surface area contributed by atoms with Crippen LogP contribution in [0.4, 0.5) is 11.4 Å². The molecule has 2 aromatic rings. The molecule has 2 aliphatic rings. The Morgan fingerprint density at radius 2 is 1.90 bits per heavy atom. The minimum atomic E-state index is -0.389. The van der Waals surface area contributed by atoms with Crippen LogP contribution in [-0.4, -0.2) is 30.5 Å². The van der Waals surface area contributed by atoms with Crippen LogP contribution in [0.1, 0.15) is 48.7 Å². The molecule has 0 radical (unpaired) electrons. The first-order valence-electron chi connectivity index (χ1n) is 10.5. The fourth-order valence-electron chi connectivity index (χ4n) is 4.67. The molecule has 158 valence electrons. The molecule has 1 amide bonds. The standard InChI is InChI=1S/C23H27N3O4/c1-15-11-16(2)14-25(13-15)20-8-7-17(12-21(20)26(28)29)23(27)24-19-9-10-30-22-6-4-3-5-18(19)22/h3-8,12,15-16,19H,9-11,13-14H2,1-2H3,(H,24,27)/t15-,16+,19-/m0/s1. The van der Waals surface area contributed by atoms with Gasteiger partial charge < -0.3 is 15.0 Å². The summed E-state index contributed by atoms with van der Waals surface area (Å²) in [5.41, 5.74) is 1.80. The van der Waals surface area contributed by atoms with Crippen molar-refractivity contribution in [3.8, 4) is 5.75 Å². The van der Waals surface area contributed by atoms with Crippen LogP contribution in [0.5, 0.6) is 5.75 Å². The molecule has 1 saturated heterocycles. The Labute approximate surface area is 176 Å². The largest absolute Gasteiger partial charge is 0.493 e. The molecule has 0 bridgehead atoms. The van der Waals surface area contributed by atoms with Gasteiger partial charge in [0.15, 0.2) is 0 Å². The topological polar surface area (TPSA) is 84.7 Å². The number of carbonyl (C=O) groups excluding carboxylic acids is 1. The molecule has 1 N–H and O–H groups in total. The van der Waals surface area contributed by atoms with Crippen molar-refractivity contribution in [1.29, 1.82) is 0 Å². The Kier molecular flexibility index (Phi) is 5.61. The second-order valence-electron chi connectivity index (χ2n) is 8.51. The monoisotopic (exact) mass is 409 g/mol. The molecule has 0 unspecified atom stereocenters. The highest BCUT2D eigenvalue weighted by Crippen LogP contribution is 2.35. The number of fused-ring (bicyclic) bond motifs is 1. The maximum absolute atomic E-state index is 12.9. The summed E-state index contributed by atoms with van der Waals surface area (Å²) in [6.45, 7) is 6.43. The molecule has 0 saturated carbocycles. The maximum atomic E-state index is 12.9. The van der Waals surface area contributed by atoms with E-state index in [1.165, 1.54) is 6.07 Å². The van der Waals surface area contributed by atoms with Crippen LogP contribution in [0.3, 0.4) is 0 Å². The van der Waals surface area contributed by atoms with Gasteiger partial charge in [-0.3, -0.25) is 14.9 Å². The van der Waals surface area contributed by atoms with Crippen molar-refractivity contribution in [2.75, 3.05) is 24.6 Å². The Balaban J connectivity index is 1.57. The number of para-hydroxylation sites is 1. The molecule has 2 heterocycles. The van der Waals surface area contributed by atoms with Gasteiger partial charge in [0.1, 0.15) is 11.4 Å². The lowest BCUT2D eigenvalue weighted by atomic mass is 9.91. The highest BCUT2D eigenvalue weighted by atomic mass is 16.6. The molecule has 2 aliphatic heterocycles. The number of nitro groups is 1. The molecular formula is C23H27N3O4. The summed E-state index contributed by atoms with van der Waals surface area (Å²) < 4.78 is 5.65. The average Bonchev–Trinajstić information content (AvgIpc) is 2.73. The van der Waals surface area contributed by atoms with E-state index >= 15 is 0 Å². The summed E-state index contributed by atoms with van der Waals surface area (Å²) in [7, 11) is 0. The van der Waals surface area contributed by atoms with Crippen LogP contribution in [0, 0.1) is 22.0 Å². The number of carbonyl (C=O) groups is 1. The van der Waals surface area contributed by atoms with Gasteiger partial charge in [0.05, 0.1) is 17.6 Å². The number of benzene rings is 2. The molecule has 3 atom stereocenters. The van der Waals surface area contributed by atoms with E-state index in [0.29, 0.717) is 36.1 Å². The molecule has 30 heavy (non-hydrogen) atoms. The lowest BCUT2D eigenvalue weighted by molar-refractivity contribution is -0.384. The van der Waals surface area contributed by atoms with Crippen molar-refractivity contribution >= 4 is 17.3 Å². The zero-order valence-electron chi connectivity index (χ0n) is 17.3. The van der Waals surface area contributed by atoms with Crippen LogP contribution in [0.25, 0.3) is 0 Å². The number of ether oxygens (including phenoxy) is 1. The summed E-state index contributed by atoms with van der Waals surface area (Å²) in [5.74, 6) is 1.41.